The summed E-state index contributed by atoms with van der Waals surface area (Å²) in [4.78, 5) is 14.3. The lowest BCUT2D eigenvalue weighted by atomic mass is 10.2. The van der Waals surface area contributed by atoms with Crippen molar-refractivity contribution in [2.75, 3.05) is 40.4 Å². The van der Waals surface area contributed by atoms with E-state index in [-0.39, 0.29) is 18.3 Å². The van der Waals surface area contributed by atoms with Gasteiger partial charge in [0, 0.05) is 18.7 Å². The number of carbonyl (C=O) groups is 1. The van der Waals surface area contributed by atoms with Gasteiger partial charge < -0.3 is 19.7 Å². The monoisotopic (exact) mass is 316 g/mol. The third-order valence-electron chi connectivity index (χ3n) is 3.25. The van der Waals surface area contributed by atoms with E-state index in [2.05, 4.69) is 24.1 Å². The zero-order valence-corrected chi connectivity index (χ0v) is 14.0. The van der Waals surface area contributed by atoms with Gasteiger partial charge in [-0.25, -0.2) is 0 Å². The Labute approximate surface area is 133 Å². The van der Waals surface area contributed by atoms with E-state index >= 15 is 0 Å². The Bertz CT molecular complexity index is 437. The van der Waals surface area contributed by atoms with Crippen LogP contribution in [0.5, 0.6) is 11.5 Å². The summed E-state index contributed by atoms with van der Waals surface area (Å²) in [6, 6.07) is 5.15. The van der Waals surface area contributed by atoms with Crippen LogP contribution in [0.25, 0.3) is 0 Å². The third kappa shape index (κ3) is 5.81. The van der Waals surface area contributed by atoms with E-state index in [4.69, 9.17) is 9.47 Å². The highest BCUT2D eigenvalue weighted by Gasteiger charge is 2.10. The smallest absolute Gasteiger partial charge is 0.251 e. The number of carbonyl (C=O) groups excluding carboxylic acids is 1. The van der Waals surface area contributed by atoms with Crippen LogP contribution in [-0.4, -0.2) is 51.2 Å². The molecule has 0 aliphatic carbocycles. The molecule has 0 atom stereocenters. The molecule has 1 amide bonds. The van der Waals surface area contributed by atoms with Crippen molar-refractivity contribution in [2.45, 2.75) is 13.8 Å². The standard InChI is InChI=1S/C15H24N2O3.ClH/c1-5-17(6-2)10-9-16-15(18)12-7-8-13(19-3)14(11-12)20-4;/h7-8,11H,5-6,9-10H2,1-4H3,(H,16,18);1H. The van der Waals surface area contributed by atoms with Gasteiger partial charge in [0.25, 0.3) is 5.91 Å². The lowest BCUT2D eigenvalue weighted by Crippen LogP contribution is -2.34. The molecule has 0 radical (unpaired) electrons. The van der Waals surface area contributed by atoms with Crippen molar-refractivity contribution in [2.24, 2.45) is 0 Å². The van der Waals surface area contributed by atoms with E-state index in [1.807, 2.05) is 0 Å². The zero-order valence-electron chi connectivity index (χ0n) is 13.1. The second-order valence-electron chi connectivity index (χ2n) is 4.35. The van der Waals surface area contributed by atoms with Gasteiger partial charge >= 0.3 is 0 Å². The number of hydrogen-bond acceptors (Lipinski definition) is 4. The lowest BCUT2D eigenvalue weighted by molar-refractivity contribution is 0.0948. The minimum atomic E-state index is -0.0990. The molecule has 0 aliphatic heterocycles. The molecule has 0 saturated heterocycles. The highest BCUT2D eigenvalue weighted by atomic mass is 35.5. The third-order valence-corrected chi connectivity index (χ3v) is 3.25. The van der Waals surface area contributed by atoms with E-state index in [9.17, 15) is 4.79 Å². The Balaban J connectivity index is 0.00000400. The fraction of sp³-hybridized carbons (Fsp3) is 0.533. The lowest BCUT2D eigenvalue weighted by Gasteiger charge is -2.18. The predicted octanol–water partition coefficient (Wildman–Crippen LogP) is 2.20. The summed E-state index contributed by atoms with van der Waals surface area (Å²) in [5.41, 5.74) is 0.571. The Morgan fingerprint density at radius 2 is 1.76 bits per heavy atom. The summed E-state index contributed by atoms with van der Waals surface area (Å²) >= 11 is 0. The number of hydrogen-bond donors (Lipinski definition) is 1. The van der Waals surface area contributed by atoms with Crippen molar-refractivity contribution in [3.63, 3.8) is 0 Å². The summed E-state index contributed by atoms with van der Waals surface area (Å²) in [7, 11) is 3.13. The van der Waals surface area contributed by atoms with Gasteiger partial charge in [-0.1, -0.05) is 13.8 Å². The number of halogens is 1. The molecule has 1 N–H and O–H groups in total. The van der Waals surface area contributed by atoms with Gasteiger partial charge in [-0.15, -0.1) is 12.4 Å². The van der Waals surface area contributed by atoms with E-state index in [0.29, 0.717) is 23.6 Å². The van der Waals surface area contributed by atoms with Crippen LogP contribution in [0.4, 0.5) is 0 Å². The molecule has 0 bridgehead atoms. The van der Waals surface area contributed by atoms with Gasteiger partial charge in [0.2, 0.25) is 0 Å². The van der Waals surface area contributed by atoms with Gasteiger partial charge in [0.05, 0.1) is 14.2 Å². The summed E-state index contributed by atoms with van der Waals surface area (Å²) in [5, 5.41) is 2.91. The van der Waals surface area contributed by atoms with Gasteiger partial charge in [-0.3, -0.25) is 4.79 Å². The van der Waals surface area contributed by atoms with Crippen LogP contribution in [0, 0.1) is 0 Å². The molecule has 21 heavy (non-hydrogen) atoms. The first-order valence-electron chi connectivity index (χ1n) is 6.88. The molecule has 0 spiro atoms. The first-order chi connectivity index (χ1) is 9.65. The molecule has 1 rings (SSSR count). The molecule has 0 aliphatic rings. The zero-order chi connectivity index (χ0) is 15.0. The summed E-state index contributed by atoms with van der Waals surface area (Å²) < 4.78 is 10.3. The molecule has 0 heterocycles. The van der Waals surface area contributed by atoms with Crippen LogP contribution < -0.4 is 14.8 Å². The minimum Gasteiger partial charge on any atom is -0.493 e. The van der Waals surface area contributed by atoms with Crippen LogP contribution in [0.3, 0.4) is 0 Å². The number of benzene rings is 1. The summed E-state index contributed by atoms with van der Waals surface area (Å²) in [6.07, 6.45) is 0. The number of methoxy groups -OCH3 is 2. The summed E-state index contributed by atoms with van der Waals surface area (Å²) in [5.74, 6) is 1.08. The SMILES string of the molecule is CCN(CC)CCNC(=O)c1ccc(OC)c(OC)c1.Cl. The number of rotatable bonds is 8. The number of amides is 1. The van der Waals surface area contributed by atoms with Crippen molar-refractivity contribution < 1.29 is 14.3 Å². The molecular weight excluding hydrogens is 292 g/mol. The van der Waals surface area contributed by atoms with Crippen molar-refractivity contribution in [3.8, 4) is 11.5 Å². The van der Waals surface area contributed by atoms with Crippen molar-refractivity contribution in [1.29, 1.82) is 0 Å². The molecule has 0 saturated carbocycles. The number of nitrogens with one attached hydrogen (secondary N) is 1. The summed E-state index contributed by atoms with van der Waals surface area (Å²) in [6.45, 7) is 7.69. The number of nitrogens with zero attached hydrogens (tertiary/aromatic N) is 1. The van der Waals surface area contributed by atoms with E-state index in [1.54, 1.807) is 32.4 Å². The normalized spacial score (nSPS) is 9.95. The fourth-order valence-electron chi connectivity index (χ4n) is 1.95. The maximum atomic E-state index is 12.0. The minimum absolute atomic E-state index is 0. The van der Waals surface area contributed by atoms with Gasteiger partial charge in [-0.05, 0) is 31.3 Å². The highest BCUT2D eigenvalue weighted by Crippen LogP contribution is 2.27. The first-order valence-corrected chi connectivity index (χ1v) is 6.88. The molecule has 1 aromatic rings. The Morgan fingerprint density at radius 3 is 2.29 bits per heavy atom. The Kier molecular flexibility index (Phi) is 9.58. The maximum absolute atomic E-state index is 12.0. The first kappa shape index (κ1) is 19.5. The Morgan fingerprint density at radius 1 is 1.14 bits per heavy atom. The highest BCUT2D eigenvalue weighted by molar-refractivity contribution is 5.94. The average Bonchev–Trinajstić information content (AvgIpc) is 2.50. The molecule has 5 nitrogen and oxygen atoms in total. The van der Waals surface area contributed by atoms with Crippen LogP contribution in [0.15, 0.2) is 18.2 Å². The quantitative estimate of drug-likeness (QED) is 0.799. The second-order valence-corrected chi connectivity index (χ2v) is 4.35. The topological polar surface area (TPSA) is 50.8 Å². The van der Waals surface area contributed by atoms with Crippen molar-refractivity contribution in [3.05, 3.63) is 23.8 Å². The predicted molar refractivity (Wildman–Crippen MR) is 86.9 cm³/mol. The second kappa shape index (κ2) is 10.3. The van der Waals surface area contributed by atoms with E-state index < -0.39 is 0 Å². The largest absolute Gasteiger partial charge is 0.493 e. The fourth-order valence-corrected chi connectivity index (χ4v) is 1.95. The van der Waals surface area contributed by atoms with Gasteiger partial charge in [0.1, 0.15) is 0 Å². The molecular formula is C15H25ClN2O3. The number of likely N-dealkylation sites (N-methyl/N-ethyl adjacent to an activating group) is 1. The molecule has 0 unspecified atom stereocenters. The van der Waals surface area contributed by atoms with Gasteiger partial charge in [0.15, 0.2) is 11.5 Å². The average molecular weight is 317 g/mol. The Hall–Kier alpha value is -1.46. The van der Waals surface area contributed by atoms with Crippen LogP contribution in [0.1, 0.15) is 24.2 Å². The molecule has 120 valence electrons. The van der Waals surface area contributed by atoms with Crippen molar-refractivity contribution >= 4 is 18.3 Å². The molecule has 0 aromatic heterocycles. The van der Waals surface area contributed by atoms with E-state index in [1.165, 1.54) is 0 Å². The van der Waals surface area contributed by atoms with E-state index in [0.717, 1.165) is 19.6 Å². The van der Waals surface area contributed by atoms with Crippen LogP contribution >= 0.6 is 12.4 Å². The molecule has 6 heteroatoms. The molecule has 1 aromatic carbocycles. The molecule has 0 fully saturated rings. The van der Waals surface area contributed by atoms with Crippen molar-refractivity contribution in [1.82, 2.24) is 10.2 Å². The maximum Gasteiger partial charge on any atom is 0.251 e. The van der Waals surface area contributed by atoms with Crippen LogP contribution in [0.2, 0.25) is 0 Å². The van der Waals surface area contributed by atoms with Crippen LogP contribution in [-0.2, 0) is 0 Å². The number of ether oxygens (including phenoxy) is 2. The van der Waals surface area contributed by atoms with Gasteiger partial charge in [-0.2, -0.15) is 0 Å².